The van der Waals surface area contributed by atoms with Crippen LogP contribution in [-0.4, -0.2) is 35.5 Å². The number of benzene rings is 1. The number of carboxylic acid groups (broad SMARTS) is 1. The molecule has 0 saturated carbocycles. The van der Waals surface area contributed by atoms with Gasteiger partial charge in [-0.1, -0.05) is 25.8 Å². The summed E-state index contributed by atoms with van der Waals surface area (Å²) in [7, 11) is 0. The minimum atomic E-state index is -1.03. The first-order valence-electron chi connectivity index (χ1n) is 7.97. The van der Waals surface area contributed by atoms with Gasteiger partial charge >= 0.3 is 5.97 Å². The lowest BCUT2D eigenvalue weighted by Crippen LogP contribution is -2.40. The second-order valence-electron chi connectivity index (χ2n) is 5.71. The van der Waals surface area contributed by atoms with Crippen LogP contribution in [0.2, 0.25) is 0 Å². The van der Waals surface area contributed by atoms with Crippen LogP contribution in [0.15, 0.2) is 24.3 Å². The van der Waals surface area contributed by atoms with Gasteiger partial charge < -0.3 is 15.3 Å². The van der Waals surface area contributed by atoms with Gasteiger partial charge in [0.1, 0.15) is 6.04 Å². The third-order valence-corrected chi connectivity index (χ3v) is 3.94. The first kappa shape index (κ1) is 17.0. The first-order valence-corrected chi connectivity index (χ1v) is 7.97. The van der Waals surface area contributed by atoms with Crippen molar-refractivity contribution in [3.8, 4) is 0 Å². The number of carboxylic acids is 1. The molecule has 1 aliphatic heterocycles. The predicted octanol–water partition coefficient (Wildman–Crippen LogP) is 2.19. The Bertz CT molecular complexity index is 600. The second kappa shape index (κ2) is 7.76. The molecule has 1 saturated heterocycles. The molecular formula is C17H22N2O4. The topological polar surface area (TPSA) is 86.7 Å². The molecule has 1 unspecified atom stereocenters. The smallest absolute Gasteiger partial charge is 0.326 e. The number of amides is 2. The largest absolute Gasteiger partial charge is 0.480 e. The van der Waals surface area contributed by atoms with Gasteiger partial charge in [-0.2, -0.15) is 0 Å². The third-order valence-electron chi connectivity index (χ3n) is 3.94. The molecule has 1 atom stereocenters. The van der Waals surface area contributed by atoms with Crippen LogP contribution in [0.25, 0.3) is 0 Å². The highest BCUT2D eigenvalue weighted by Gasteiger charge is 2.23. The lowest BCUT2D eigenvalue weighted by atomic mass is 10.1. The lowest BCUT2D eigenvalue weighted by Gasteiger charge is -2.17. The van der Waals surface area contributed by atoms with Gasteiger partial charge in [-0.05, 0) is 31.0 Å². The van der Waals surface area contributed by atoms with Crippen LogP contribution >= 0.6 is 0 Å². The Morgan fingerprint density at radius 3 is 2.78 bits per heavy atom. The van der Waals surface area contributed by atoms with Crippen molar-refractivity contribution in [2.75, 3.05) is 11.4 Å². The quantitative estimate of drug-likeness (QED) is 0.807. The number of unbranched alkanes of at least 4 members (excludes halogenated alkanes) is 1. The van der Waals surface area contributed by atoms with Crippen LogP contribution in [0.5, 0.6) is 0 Å². The van der Waals surface area contributed by atoms with E-state index in [0.717, 1.165) is 19.3 Å². The Kier molecular flexibility index (Phi) is 5.73. The zero-order valence-corrected chi connectivity index (χ0v) is 13.2. The summed E-state index contributed by atoms with van der Waals surface area (Å²) in [4.78, 5) is 37.0. The standard InChI is InChI=1S/C17H22N2O4/c1-2-3-8-14(17(22)23)18-16(21)12-6-4-7-13(11-12)19-10-5-9-15(19)20/h4,6-7,11,14H,2-3,5,8-10H2,1H3,(H,18,21)(H,22,23). The van der Waals surface area contributed by atoms with Gasteiger partial charge in [-0.3, -0.25) is 9.59 Å². The summed E-state index contributed by atoms with van der Waals surface area (Å²) < 4.78 is 0. The van der Waals surface area contributed by atoms with Crippen LogP contribution in [0.4, 0.5) is 5.69 Å². The Morgan fingerprint density at radius 2 is 2.17 bits per heavy atom. The molecule has 0 bridgehead atoms. The summed E-state index contributed by atoms with van der Waals surface area (Å²) in [5.41, 5.74) is 1.05. The Labute approximate surface area is 135 Å². The molecule has 1 aliphatic rings. The van der Waals surface area contributed by atoms with Gasteiger partial charge in [-0.15, -0.1) is 0 Å². The van der Waals surface area contributed by atoms with E-state index in [1.165, 1.54) is 0 Å². The summed E-state index contributed by atoms with van der Waals surface area (Å²) in [6.45, 7) is 2.62. The van der Waals surface area contributed by atoms with Crippen LogP contribution < -0.4 is 10.2 Å². The highest BCUT2D eigenvalue weighted by atomic mass is 16.4. The van der Waals surface area contributed by atoms with Gasteiger partial charge in [0.05, 0.1) is 0 Å². The fourth-order valence-electron chi connectivity index (χ4n) is 2.64. The number of hydrogen-bond donors (Lipinski definition) is 2. The Morgan fingerprint density at radius 1 is 1.39 bits per heavy atom. The molecule has 2 rings (SSSR count). The van der Waals surface area contributed by atoms with E-state index in [0.29, 0.717) is 30.6 Å². The van der Waals surface area contributed by atoms with Crippen LogP contribution in [0, 0.1) is 0 Å². The highest BCUT2D eigenvalue weighted by Crippen LogP contribution is 2.22. The zero-order valence-electron chi connectivity index (χ0n) is 13.2. The minimum Gasteiger partial charge on any atom is -0.480 e. The fraction of sp³-hybridized carbons (Fsp3) is 0.471. The number of carbonyl (C=O) groups is 3. The van der Waals surface area contributed by atoms with Gasteiger partial charge in [0.25, 0.3) is 5.91 Å². The molecule has 2 amide bonds. The maximum atomic E-state index is 12.3. The van der Waals surface area contributed by atoms with Crippen LogP contribution in [-0.2, 0) is 9.59 Å². The van der Waals surface area contributed by atoms with E-state index in [9.17, 15) is 19.5 Å². The summed E-state index contributed by atoms with van der Waals surface area (Å²) in [6, 6.07) is 5.86. The maximum Gasteiger partial charge on any atom is 0.326 e. The van der Waals surface area contributed by atoms with Gasteiger partial charge in [0.15, 0.2) is 0 Å². The number of hydrogen-bond acceptors (Lipinski definition) is 3. The van der Waals surface area contributed by atoms with Crippen molar-refractivity contribution < 1.29 is 19.5 Å². The summed E-state index contributed by atoms with van der Waals surface area (Å²) in [6.07, 6.45) is 3.34. The molecule has 6 heteroatoms. The third kappa shape index (κ3) is 4.31. The predicted molar refractivity (Wildman–Crippen MR) is 86.4 cm³/mol. The highest BCUT2D eigenvalue weighted by molar-refractivity contribution is 6.00. The molecule has 0 radical (unpaired) electrons. The van der Waals surface area contributed by atoms with E-state index in [2.05, 4.69) is 5.32 Å². The molecular weight excluding hydrogens is 296 g/mol. The summed E-state index contributed by atoms with van der Waals surface area (Å²) in [5, 5.41) is 11.7. The number of nitrogens with one attached hydrogen (secondary N) is 1. The SMILES string of the molecule is CCCCC(NC(=O)c1cccc(N2CCCC2=O)c1)C(=O)O. The van der Waals surface area contributed by atoms with E-state index < -0.39 is 17.9 Å². The summed E-state index contributed by atoms with van der Waals surface area (Å²) >= 11 is 0. The molecule has 1 aromatic rings. The van der Waals surface area contributed by atoms with E-state index in [4.69, 9.17) is 0 Å². The maximum absolute atomic E-state index is 12.3. The van der Waals surface area contributed by atoms with Gasteiger partial charge in [0, 0.05) is 24.2 Å². The van der Waals surface area contributed by atoms with E-state index in [1.54, 1.807) is 29.2 Å². The van der Waals surface area contributed by atoms with Crippen molar-refractivity contribution in [3.63, 3.8) is 0 Å². The average molecular weight is 318 g/mol. The number of rotatable bonds is 7. The number of aliphatic carboxylic acids is 1. The van der Waals surface area contributed by atoms with Gasteiger partial charge in [0.2, 0.25) is 5.91 Å². The van der Waals surface area contributed by atoms with Gasteiger partial charge in [-0.25, -0.2) is 4.79 Å². The van der Waals surface area contributed by atoms with Crippen molar-refractivity contribution in [1.82, 2.24) is 5.32 Å². The summed E-state index contributed by atoms with van der Waals surface area (Å²) in [5.74, 6) is -1.41. The Hall–Kier alpha value is -2.37. The van der Waals surface area contributed by atoms with Crippen LogP contribution in [0.1, 0.15) is 49.4 Å². The lowest BCUT2D eigenvalue weighted by molar-refractivity contribution is -0.139. The van der Waals surface area contributed by atoms with Crippen molar-refractivity contribution in [1.29, 1.82) is 0 Å². The average Bonchev–Trinajstić information content (AvgIpc) is 2.97. The molecule has 1 aromatic carbocycles. The van der Waals surface area contributed by atoms with Crippen molar-refractivity contribution >= 4 is 23.5 Å². The first-order chi connectivity index (χ1) is 11.0. The van der Waals surface area contributed by atoms with Crippen LogP contribution in [0.3, 0.4) is 0 Å². The molecule has 0 aliphatic carbocycles. The molecule has 0 aromatic heterocycles. The zero-order chi connectivity index (χ0) is 16.8. The fourth-order valence-corrected chi connectivity index (χ4v) is 2.64. The van der Waals surface area contributed by atoms with Crippen molar-refractivity contribution in [2.45, 2.75) is 45.1 Å². The van der Waals surface area contributed by atoms with E-state index >= 15 is 0 Å². The molecule has 0 spiro atoms. The molecule has 2 N–H and O–H groups in total. The van der Waals surface area contributed by atoms with E-state index in [1.807, 2.05) is 6.92 Å². The minimum absolute atomic E-state index is 0.0499. The molecule has 1 heterocycles. The monoisotopic (exact) mass is 318 g/mol. The normalized spacial score (nSPS) is 15.5. The number of nitrogens with zero attached hydrogens (tertiary/aromatic N) is 1. The number of anilines is 1. The number of carbonyl (C=O) groups excluding carboxylic acids is 2. The molecule has 6 nitrogen and oxygen atoms in total. The van der Waals surface area contributed by atoms with Crippen molar-refractivity contribution in [2.24, 2.45) is 0 Å². The van der Waals surface area contributed by atoms with E-state index in [-0.39, 0.29) is 5.91 Å². The van der Waals surface area contributed by atoms with Crippen molar-refractivity contribution in [3.05, 3.63) is 29.8 Å². The Balaban J connectivity index is 2.09. The molecule has 23 heavy (non-hydrogen) atoms. The molecule has 1 fully saturated rings. The second-order valence-corrected chi connectivity index (χ2v) is 5.71. The molecule has 124 valence electrons.